The van der Waals surface area contributed by atoms with Crippen LogP contribution in [0.25, 0.3) is 10.9 Å². The van der Waals surface area contributed by atoms with Crippen molar-refractivity contribution < 1.29 is 4.74 Å². The standard InChI is InChI=1S/C18H28N2O/c1-4-21-13-12-20-14-16(8-7-11-19-15(2)3)17-9-5-6-10-18(17)20/h5-6,9-10,14-15,19H,4,7-8,11-13H2,1-3H3. The zero-order valence-corrected chi connectivity index (χ0v) is 13.6. The molecule has 0 amide bonds. The van der Waals surface area contributed by atoms with Crippen LogP contribution in [0.15, 0.2) is 30.5 Å². The van der Waals surface area contributed by atoms with Gasteiger partial charge < -0.3 is 14.6 Å². The van der Waals surface area contributed by atoms with Crippen LogP contribution in [0.4, 0.5) is 0 Å². The fourth-order valence-electron chi connectivity index (χ4n) is 2.68. The highest BCUT2D eigenvalue weighted by atomic mass is 16.5. The van der Waals surface area contributed by atoms with E-state index in [1.54, 1.807) is 0 Å². The minimum absolute atomic E-state index is 0.567. The van der Waals surface area contributed by atoms with Crippen LogP contribution in [-0.2, 0) is 17.7 Å². The van der Waals surface area contributed by atoms with E-state index in [1.807, 2.05) is 6.92 Å². The van der Waals surface area contributed by atoms with Crippen LogP contribution in [0.2, 0.25) is 0 Å². The van der Waals surface area contributed by atoms with Crippen LogP contribution >= 0.6 is 0 Å². The van der Waals surface area contributed by atoms with Gasteiger partial charge in [-0.3, -0.25) is 0 Å². The fraction of sp³-hybridized carbons (Fsp3) is 0.556. The average Bonchev–Trinajstić information content (AvgIpc) is 2.82. The van der Waals surface area contributed by atoms with Crippen LogP contribution in [0.1, 0.15) is 32.8 Å². The summed E-state index contributed by atoms with van der Waals surface area (Å²) in [6, 6.07) is 9.25. The summed E-state index contributed by atoms with van der Waals surface area (Å²) in [6.45, 7) is 10.0. The Balaban J connectivity index is 2.04. The van der Waals surface area contributed by atoms with Crippen molar-refractivity contribution in [3.8, 4) is 0 Å². The molecule has 0 bridgehead atoms. The molecule has 2 rings (SSSR count). The van der Waals surface area contributed by atoms with E-state index in [1.165, 1.54) is 22.9 Å². The van der Waals surface area contributed by atoms with Gasteiger partial charge in [-0.25, -0.2) is 0 Å². The fourth-order valence-corrected chi connectivity index (χ4v) is 2.68. The number of aryl methyl sites for hydroxylation is 1. The third-order valence-electron chi connectivity index (χ3n) is 3.73. The van der Waals surface area contributed by atoms with Gasteiger partial charge in [-0.05, 0) is 37.9 Å². The molecule has 0 atom stereocenters. The lowest BCUT2D eigenvalue weighted by Crippen LogP contribution is -2.23. The lowest BCUT2D eigenvalue weighted by molar-refractivity contribution is 0.140. The van der Waals surface area contributed by atoms with E-state index in [9.17, 15) is 0 Å². The summed E-state index contributed by atoms with van der Waals surface area (Å²) in [7, 11) is 0. The first-order valence-corrected chi connectivity index (χ1v) is 8.10. The van der Waals surface area contributed by atoms with E-state index in [2.05, 4.69) is 54.2 Å². The highest BCUT2D eigenvalue weighted by molar-refractivity contribution is 5.83. The Morgan fingerprint density at radius 2 is 2.05 bits per heavy atom. The van der Waals surface area contributed by atoms with E-state index in [0.29, 0.717) is 6.04 Å². The predicted octanol–water partition coefficient (Wildman–Crippen LogP) is 3.61. The maximum atomic E-state index is 5.49. The molecule has 1 N–H and O–H groups in total. The van der Waals surface area contributed by atoms with Crippen molar-refractivity contribution in [3.63, 3.8) is 0 Å². The highest BCUT2D eigenvalue weighted by Gasteiger charge is 2.07. The monoisotopic (exact) mass is 288 g/mol. The number of benzene rings is 1. The average molecular weight is 288 g/mol. The van der Waals surface area contributed by atoms with Gasteiger partial charge in [0.25, 0.3) is 0 Å². The molecule has 0 aliphatic rings. The zero-order valence-electron chi connectivity index (χ0n) is 13.6. The largest absolute Gasteiger partial charge is 0.380 e. The topological polar surface area (TPSA) is 26.2 Å². The molecule has 0 unspecified atom stereocenters. The lowest BCUT2D eigenvalue weighted by atomic mass is 10.1. The summed E-state index contributed by atoms with van der Waals surface area (Å²) in [4.78, 5) is 0. The Labute approximate surface area is 128 Å². The second kappa shape index (κ2) is 8.20. The second-order valence-corrected chi connectivity index (χ2v) is 5.77. The van der Waals surface area contributed by atoms with Gasteiger partial charge in [-0.15, -0.1) is 0 Å². The summed E-state index contributed by atoms with van der Waals surface area (Å²) >= 11 is 0. The van der Waals surface area contributed by atoms with E-state index in [0.717, 1.165) is 32.7 Å². The molecule has 0 saturated carbocycles. The van der Waals surface area contributed by atoms with E-state index < -0.39 is 0 Å². The van der Waals surface area contributed by atoms with E-state index >= 15 is 0 Å². The molecule has 3 heteroatoms. The van der Waals surface area contributed by atoms with Gasteiger partial charge in [0.1, 0.15) is 0 Å². The molecule has 0 saturated heterocycles. The molecule has 1 aromatic heterocycles. The summed E-state index contributed by atoms with van der Waals surface area (Å²) in [6.07, 6.45) is 4.61. The molecule has 21 heavy (non-hydrogen) atoms. The van der Waals surface area contributed by atoms with Crippen LogP contribution in [0.3, 0.4) is 0 Å². The van der Waals surface area contributed by atoms with Crippen molar-refractivity contribution in [2.75, 3.05) is 19.8 Å². The van der Waals surface area contributed by atoms with E-state index in [-0.39, 0.29) is 0 Å². The Kier molecular flexibility index (Phi) is 6.27. The first kappa shape index (κ1) is 16.1. The third kappa shape index (κ3) is 4.58. The summed E-state index contributed by atoms with van der Waals surface area (Å²) in [5.41, 5.74) is 2.77. The number of nitrogens with one attached hydrogen (secondary N) is 1. The Bertz CT molecular complexity index is 545. The molecule has 0 fully saturated rings. The molecule has 2 aromatic rings. The second-order valence-electron chi connectivity index (χ2n) is 5.77. The van der Waals surface area contributed by atoms with Crippen molar-refractivity contribution in [1.29, 1.82) is 0 Å². The van der Waals surface area contributed by atoms with Crippen LogP contribution in [0.5, 0.6) is 0 Å². The Morgan fingerprint density at radius 3 is 2.81 bits per heavy atom. The van der Waals surface area contributed by atoms with Crippen LogP contribution in [0, 0.1) is 0 Å². The molecule has 0 spiro atoms. The van der Waals surface area contributed by atoms with Crippen molar-refractivity contribution in [3.05, 3.63) is 36.0 Å². The maximum absolute atomic E-state index is 5.49. The van der Waals surface area contributed by atoms with Crippen molar-refractivity contribution in [2.45, 2.75) is 46.2 Å². The minimum atomic E-state index is 0.567. The SMILES string of the molecule is CCOCCn1cc(CCCNC(C)C)c2ccccc21. The number of fused-ring (bicyclic) bond motifs is 1. The number of hydrogen-bond acceptors (Lipinski definition) is 2. The van der Waals surface area contributed by atoms with Gasteiger partial charge in [0.15, 0.2) is 0 Å². The number of nitrogens with zero attached hydrogens (tertiary/aromatic N) is 1. The highest BCUT2D eigenvalue weighted by Crippen LogP contribution is 2.22. The third-order valence-corrected chi connectivity index (χ3v) is 3.73. The summed E-state index contributed by atoms with van der Waals surface area (Å²) < 4.78 is 7.82. The zero-order chi connectivity index (χ0) is 15.1. The van der Waals surface area contributed by atoms with Gasteiger partial charge in [-0.2, -0.15) is 0 Å². The predicted molar refractivity (Wildman–Crippen MR) is 89.9 cm³/mol. The van der Waals surface area contributed by atoms with E-state index in [4.69, 9.17) is 4.74 Å². The van der Waals surface area contributed by atoms with Gasteiger partial charge in [-0.1, -0.05) is 32.0 Å². The van der Waals surface area contributed by atoms with Crippen molar-refractivity contribution in [2.24, 2.45) is 0 Å². The number of hydrogen-bond donors (Lipinski definition) is 1. The maximum Gasteiger partial charge on any atom is 0.0645 e. The normalized spacial score (nSPS) is 11.6. The first-order chi connectivity index (χ1) is 10.2. The summed E-state index contributed by atoms with van der Waals surface area (Å²) in [5.74, 6) is 0. The first-order valence-electron chi connectivity index (χ1n) is 8.10. The molecule has 116 valence electrons. The number of ether oxygens (including phenoxy) is 1. The van der Waals surface area contributed by atoms with Crippen LogP contribution in [-0.4, -0.2) is 30.4 Å². The Hall–Kier alpha value is -1.32. The van der Waals surface area contributed by atoms with Gasteiger partial charge in [0.05, 0.1) is 6.61 Å². The quantitative estimate of drug-likeness (QED) is 0.713. The molecule has 1 aromatic carbocycles. The number of rotatable bonds is 9. The molecular weight excluding hydrogens is 260 g/mol. The molecule has 0 radical (unpaired) electrons. The lowest BCUT2D eigenvalue weighted by Gasteiger charge is -2.07. The van der Waals surface area contributed by atoms with Crippen molar-refractivity contribution in [1.82, 2.24) is 9.88 Å². The minimum Gasteiger partial charge on any atom is -0.380 e. The molecular formula is C18H28N2O. The Morgan fingerprint density at radius 1 is 1.24 bits per heavy atom. The number of aromatic nitrogens is 1. The van der Waals surface area contributed by atoms with Gasteiger partial charge >= 0.3 is 0 Å². The summed E-state index contributed by atoms with van der Waals surface area (Å²) in [5, 5.41) is 4.87. The van der Waals surface area contributed by atoms with Gasteiger partial charge in [0.2, 0.25) is 0 Å². The smallest absolute Gasteiger partial charge is 0.0645 e. The molecule has 1 heterocycles. The van der Waals surface area contributed by atoms with Crippen molar-refractivity contribution >= 4 is 10.9 Å². The molecule has 0 aliphatic carbocycles. The number of para-hydroxylation sites is 1. The molecule has 0 aliphatic heterocycles. The van der Waals surface area contributed by atoms with Gasteiger partial charge in [0, 0.05) is 36.3 Å². The molecule has 3 nitrogen and oxygen atoms in total. The van der Waals surface area contributed by atoms with Crippen LogP contribution < -0.4 is 5.32 Å².